The molecule has 4 heteroatoms. The van der Waals surface area contributed by atoms with E-state index < -0.39 is 0 Å². The van der Waals surface area contributed by atoms with Crippen LogP contribution in [0.5, 0.6) is 11.6 Å². The molecule has 0 unspecified atom stereocenters. The monoisotopic (exact) mass is 272 g/mol. The Hall–Kier alpha value is -2.07. The van der Waals surface area contributed by atoms with E-state index in [0.29, 0.717) is 12.5 Å². The Balaban J connectivity index is 2.19. The Morgan fingerprint density at radius 3 is 2.80 bits per heavy atom. The largest absolute Gasteiger partial charge is 0.488 e. The second-order valence-electron chi connectivity index (χ2n) is 4.79. The van der Waals surface area contributed by atoms with Gasteiger partial charge in [0.1, 0.15) is 12.4 Å². The number of aryl methyl sites for hydroxylation is 1. The molecule has 1 aromatic carbocycles. The fraction of sp³-hybridized carbons (Fsp3) is 0.312. The highest BCUT2D eigenvalue weighted by Crippen LogP contribution is 2.26. The first kappa shape index (κ1) is 14.3. The van der Waals surface area contributed by atoms with Crippen molar-refractivity contribution in [1.29, 1.82) is 0 Å². The Bertz CT molecular complexity index is 582. The summed E-state index contributed by atoms with van der Waals surface area (Å²) in [7, 11) is 1.60. The minimum absolute atomic E-state index is 0.0688. The molecule has 20 heavy (non-hydrogen) atoms. The molecule has 0 saturated heterocycles. The smallest absolute Gasteiger partial charge is 0.219 e. The van der Waals surface area contributed by atoms with Crippen molar-refractivity contribution in [2.24, 2.45) is 5.73 Å². The first-order valence-electron chi connectivity index (χ1n) is 6.58. The second kappa shape index (κ2) is 6.39. The van der Waals surface area contributed by atoms with Gasteiger partial charge in [0.15, 0.2) is 0 Å². The molecule has 0 saturated carbocycles. The van der Waals surface area contributed by atoms with Crippen LogP contribution in [-0.4, -0.2) is 12.1 Å². The third kappa shape index (κ3) is 3.27. The number of aromatic nitrogens is 1. The van der Waals surface area contributed by atoms with Gasteiger partial charge in [-0.15, -0.1) is 0 Å². The maximum absolute atomic E-state index is 5.99. The van der Waals surface area contributed by atoms with Crippen molar-refractivity contribution >= 4 is 0 Å². The minimum atomic E-state index is -0.0688. The number of pyridine rings is 1. The van der Waals surface area contributed by atoms with E-state index in [9.17, 15) is 0 Å². The average molecular weight is 272 g/mol. The van der Waals surface area contributed by atoms with Gasteiger partial charge in [0.25, 0.3) is 0 Å². The zero-order valence-corrected chi connectivity index (χ0v) is 12.1. The molecule has 0 aliphatic heterocycles. The van der Waals surface area contributed by atoms with Crippen LogP contribution >= 0.6 is 0 Å². The molecule has 1 heterocycles. The molecular formula is C16H20N2O2. The highest BCUT2D eigenvalue weighted by Gasteiger charge is 2.10. The average Bonchev–Trinajstić information content (AvgIpc) is 2.46. The standard InChI is InChI=1S/C16H20N2O2/c1-11-6-7-15(14(9-11)12(2)17)20-10-13-5-4-8-18-16(13)19-3/h4-9,12H,10,17H2,1-3H3/t12-/m1/s1. The lowest BCUT2D eigenvalue weighted by molar-refractivity contribution is 0.290. The Kier molecular flexibility index (Phi) is 4.58. The zero-order chi connectivity index (χ0) is 14.5. The first-order chi connectivity index (χ1) is 9.61. The van der Waals surface area contributed by atoms with E-state index in [1.807, 2.05) is 38.1 Å². The third-order valence-corrected chi connectivity index (χ3v) is 3.08. The molecule has 0 spiro atoms. The molecule has 2 aromatic rings. The van der Waals surface area contributed by atoms with Gasteiger partial charge in [-0.1, -0.05) is 17.7 Å². The predicted molar refractivity (Wildman–Crippen MR) is 78.9 cm³/mol. The fourth-order valence-electron chi connectivity index (χ4n) is 2.03. The van der Waals surface area contributed by atoms with Gasteiger partial charge in [-0.2, -0.15) is 0 Å². The molecule has 106 valence electrons. The highest BCUT2D eigenvalue weighted by molar-refractivity contribution is 5.39. The number of nitrogens with two attached hydrogens (primary N) is 1. The fourth-order valence-corrected chi connectivity index (χ4v) is 2.03. The number of ether oxygens (including phenoxy) is 2. The van der Waals surface area contributed by atoms with E-state index in [1.165, 1.54) is 5.56 Å². The van der Waals surface area contributed by atoms with Gasteiger partial charge in [-0.3, -0.25) is 0 Å². The van der Waals surface area contributed by atoms with Crippen molar-refractivity contribution in [3.8, 4) is 11.6 Å². The normalized spacial score (nSPS) is 12.0. The van der Waals surface area contributed by atoms with Crippen molar-refractivity contribution in [2.75, 3.05) is 7.11 Å². The van der Waals surface area contributed by atoms with Crippen molar-refractivity contribution in [2.45, 2.75) is 26.5 Å². The highest BCUT2D eigenvalue weighted by atomic mass is 16.5. The molecule has 0 bridgehead atoms. The summed E-state index contributed by atoms with van der Waals surface area (Å²) in [6.07, 6.45) is 1.70. The van der Waals surface area contributed by atoms with Crippen LogP contribution in [0.15, 0.2) is 36.5 Å². The molecule has 0 radical (unpaired) electrons. The Morgan fingerprint density at radius 2 is 2.10 bits per heavy atom. The van der Waals surface area contributed by atoms with Crippen LogP contribution < -0.4 is 15.2 Å². The molecule has 0 aliphatic rings. The van der Waals surface area contributed by atoms with E-state index in [4.69, 9.17) is 15.2 Å². The van der Waals surface area contributed by atoms with E-state index >= 15 is 0 Å². The first-order valence-corrected chi connectivity index (χ1v) is 6.58. The summed E-state index contributed by atoms with van der Waals surface area (Å²) in [5, 5.41) is 0. The van der Waals surface area contributed by atoms with Crippen molar-refractivity contribution in [3.05, 3.63) is 53.2 Å². The second-order valence-corrected chi connectivity index (χ2v) is 4.79. The van der Waals surface area contributed by atoms with Crippen LogP contribution in [0.1, 0.15) is 29.7 Å². The van der Waals surface area contributed by atoms with Gasteiger partial charge in [-0.25, -0.2) is 4.98 Å². The van der Waals surface area contributed by atoms with Crippen LogP contribution in [0.2, 0.25) is 0 Å². The molecular weight excluding hydrogens is 252 g/mol. The lowest BCUT2D eigenvalue weighted by atomic mass is 10.1. The van der Waals surface area contributed by atoms with Gasteiger partial charge >= 0.3 is 0 Å². The van der Waals surface area contributed by atoms with Crippen molar-refractivity contribution < 1.29 is 9.47 Å². The van der Waals surface area contributed by atoms with Crippen LogP contribution in [0, 0.1) is 6.92 Å². The van der Waals surface area contributed by atoms with Crippen LogP contribution in [0.25, 0.3) is 0 Å². The molecule has 2 rings (SSSR count). The van der Waals surface area contributed by atoms with Crippen LogP contribution in [0.4, 0.5) is 0 Å². The van der Waals surface area contributed by atoms with Crippen LogP contribution in [-0.2, 0) is 6.61 Å². The SMILES string of the molecule is COc1ncccc1COc1ccc(C)cc1[C@@H](C)N. The maximum atomic E-state index is 5.99. The van der Waals surface area contributed by atoms with E-state index in [0.717, 1.165) is 16.9 Å². The number of methoxy groups -OCH3 is 1. The zero-order valence-electron chi connectivity index (χ0n) is 12.1. The number of hydrogen-bond acceptors (Lipinski definition) is 4. The Morgan fingerprint density at radius 1 is 1.30 bits per heavy atom. The number of hydrogen-bond donors (Lipinski definition) is 1. The molecule has 0 amide bonds. The number of nitrogens with zero attached hydrogens (tertiary/aromatic N) is 1. The third-order valence-electron chi connectivity index (χ3n) is 3.08. The topological polar surface area (TPSA) is 57.4 Å². The molecule has 2 N–H and O–H groups in total. The molecule has 4 nitrogen and oxygen atoms in total. The molecule has 1 aromatic heterocycles. The van der Waals surface area contributed by atoms with E-state index in [1.54, 1.807) is 13.3 Å². The molecule has 0 fully saturated rings. The summed E-state index contributed by atoms with van der Waals surface area (Å²) in [4.78, 5) is 4.15. The number of benzene rings is 1. The van der Waals surface area contributed by atoms with Crippen molar-refractivity contribution in [3.63, 3.8) is 0 Å². The summed E-state index contributed by atoms with van der Waals surface area (Å²) in [5.41, 5.74) is 9.08. The predicted octanol–water partition coefficient (Wildman–Crippen LogP) is 3.00. The summed E-state index contributed by atoms with van der Waals surface area (Å²) >= 11 is 0. The van der Waals surface area contributed by atoms with Gasteiger partial charge in [0, 0.05) is 17.8 Å². The lowest BCUT2D eigenvalue weighted by Crippen LogP contribution is -2.09. The summed E-state index contributed by atoms with van der Waals surface area (Å²) in [6, 6.07) is 9.76. The van der Waals surface area contributed by atoms with E-state index in [-0.39, 0.29) is 6.04 Å². The Labute approximate surface area is 119 Å². The van der Waals surface area contributed by atoms with Gasteiger partial charge in [0.2, 0.25) is 5.88 Å². The van der Waals surface area contributed by atoms with Crippen LogP contribution in [0.3, 0.4) is 0 Å². The summed E-state index contributed by atoms with van der Waals surface area (Å²) in [6.45, 7) is 4.39. The minimum Gasteiger partial charge on any atom is -0.488 e. The quantitative estimate of drug-likeness (QED) is 0.909. The van der Waals surface area contributed by atoms with Gasteiger partial charge in [-0.05, 0) is 32.0 Å². The van der Waals surface area contributed by atoms with Crippen molar-refractivity contribution in [1.82, 2.24) is 4.98 Å². The van der Waals surface area contributed by atoms with Gasteiger partial charge in [0.05, 0.1) is 12.7 Å². The summed E-state index contributed by atoms with van der Waals surface area (Å²) in [5.74, 6) is 1.39. The molecule has 1 atom stereocenters. The summed E-state index contributed by atoms with van der Waals surface area (Å²) < 4.78 is 11.1. The maximum Gasteiger partial charge on any atom is 0.219 e. The van der Waals surface area contributed by atoms with E-state index in [2.05, 4.69) is 11.1 Å². The molecule has 0 aliphatic carbocycles. The lowest BCUT2D eigenvalue weighted by Gasteiger charge is -2.15. The number of rotatable bonds is 5. The van der Waals surface area contributed by atoms with Gasteiger partial charge < -0.3 is 15.2 Å².